The van der Waals surface area contributed by atoms with Crippen LogP contribution in [-0.4, -0.2) is 82.3 Å². The molecule has 2 unspecified atom stereocenters. The molecule has 81 heavy (non-hydrogen) atoms. The van der Waals surface area contributed by atoms with Gasteiger partial charge in [-0.3, -0.25) is 9.59 Å². The summed E-state index contributed by atoms with van der Waals surface area (Å²) < 4.78 is 22.7. The number of carboxylic acids is 1. The summed E-state index contributed by atoms with van der Waals surface area (Å²) in [6.07, 6.45) is 87.2. The van der Waals surface area contributed by atoms with Gasteiger partial charge in [0.05, 0.1) is 40.3 Å². The summed E-state index contributed by atoms with van der Waals surface area (Å²) in [5.41, 5.74) is 0. The topological polar surface area (TPSA) is 111 Å². The Morgan fingerprint density at radius 2 is 0.667 bits per heavy atom. The van der Waals surface area contributed by atoms with Gasteiger partial charge in [0, 0.05) is 12.8 Å². The van der Waals surface area contributed by atoms with Crippen LogP contribution in [0.1, 0.15) is 219 Å². The predicted molar refractivity (Wildman–Crippen MR) is 342 cm³/mol. The van der Waals surface area contributed by atoms with E-state index in [1.165, 1.54) is 44.9 Å². The van der Waals surface area contributed by atoms with Gasteiger partial charge in [0.15, 0.2) is 12.4 Å². The smallest absolute Gasteiger partial charge is 0.306 e. The standard InChI is InChI=1S/C72H115NO8/c1-6-8-10-12-14-16-18-20-22-24-26-28-30-32-34-35-37-39-41-43-45-47-49-51-53-55-57-59-61-63-70(75)81-68(67-80-72(71(76)77)78-65-64-73(3,4)5)66-79-69(74)62-60-58-56-54-52-50-48-46-44-42-40-38-36-33-31-29-27-25-23-21-19-17-15-13-11-9-7-2/h8-11,14-17,20-23,26-29,32-34,36-37,39-40,42-43,45,68,72H,6-7,12-13,18-19,24-25,30-31,35,38,41,44,46-67H2,1-5H3/b10-8-,11-9-,16-14-,17-15-,22-20-,23-21-,28-26-,29-27-,34-32-,36-33-,39-37-,42-40-,45-43-. The first-order valence-corrected chi connectivity index (χ1v) is 31.6. The summed E-state index contributed by atoms with van der Waals surface area (Å²) >= 11 is 0. The largest absolute Gasteiger partial charge is 0.545 e. The quantitative estimate of drug-likeness (QED) is 0.0195. The molecule has 0 aliphatic rings. The number of hydrogen-bond donors (Lipinski definition) is 0. The molecule has 0 amide bonds. The average molecular weight is 1120 g/mol. The van der Waals surface area contributed by atoms with Crippen LogP contribution in [0.3, 0.4) is 0 Å². The lowest BCUT2D eigenvalue weighted by molar-refractivity contribution is -0.870. The molecule has 0 radical (unpaired) electrons. The Balaban J connectivity index is 4.30. The SMILES string of the molecule is CC/C=C\C/C=C\C/C=C\C/C=C\C/C=C\C/C=C\C/C=C\CCCCCCCCCC(=O)OC(COC(=O)CCCCCCCCCC/C=C\C/C=C\C/C=C\C/C=C\C/C=C\C/C=C\CC)COC(OCC[N+](C)(C)C)C(=O)[O-]. The minimum atomic E-state index is -1.64. The van der Waals surface area contributed by atoms with Crippen LogP contribution in [0.2, 0.25) is 0 Å². The van der Waals surface area contributed by atoms with E-state index in [9.17, 15) is 19.5 Å². The molecule has 0 aromatic carbocycles. The molecule has 0 spiro atoms. The van der Waals surface area contributed by atoms with Gasteiger partial charge >= 0.3 is 11.9 Å². The number of carbonyl (C=O) groups excluding carboxylic acids is 3. The number of ether oxygens (including phenoxy) is 4. The molecule has 2 atom stereocenters. The van der Waals surface area contributed by atoms with Crippen molar-refractivity contribution < 1.29 is 42.9 Å². The Bertz CT molecular complexity index is 1880. The predicted octanol–water partition coefficient (Wildman–Crippen LogP) is 18.0. The molecule has 0 aliphatic carbocycles. The molecule has 0 bridgehead atoms. The number of quaternary nitrogens is 1. The van der Waals surface area contributed by atoms with Crippen molar-refractivity contribution in [1.82, 2.24) is 0 Å². The van der Waals surface area contributed by atoms with Crippen molar-refractivity contribution in [2.45, 2.75) is 232 Å². The molecule has 0 fully saturated rings. The molecule has 0 aliphatic heterocycles. The maximum atomic E-state index is 12.9. The number of carbonyl (C=O) groups is 3. The molecule has 0 aromatic heterocycles. The van der Waals surface area contributed by atoms with Gasteiger partial charge in [-0.15, -0.1) is 0 Å². The Morgan fingerprint density at radius 1 is 0.370 bits per heavy atom. The van der Waals surface area contributed by atoms with E-state index in [0.717, 1.165) is 141 Å². The normalized spacial score (nSPS) is 13.8. The minimum Gasteiger partial charge on any atom is -0.545 e. The van der Waals surface area contributed by atoms with Gasteiger partial charge in [-0.2, -0.15) is 0 Å². The summed E-state index contributed by atoms with van der Waals surface area (Å²) in [6.45, 7) is 4.47. The maximum Gasteiger partial charge on any atom is 0.306 e. The van der Waals surface area contributed by atoms with E-state index in [0.29, 0.717) is 17.4 Å². The molecule has 9 heteroatoms. The molecule has 0 saturated carbocycles. The van der Waals surface area contributed by atoms with Gasteiger partial charge in [-0.25, -0.2) is 0 Å². The number of allylic oxidation sites excluding steroid dienone is 26. The maximum absolute atomic E-state index is 12.9. The number of carboxylic acid groups (broad SMARTS) is 1. The molecule has 9 nitrogen and oxygen atoms in total. The van der Waals surface area contributed by atoms with Crippen molar-refractivity contribution in [2.24, 2.45) is 0 Å². The molecule has 0 rings (SSSR count). The van der Waals surface area contributed by atoms with E-state index in [1.54, 1.807) is 0 Å². The zero-order valence-electron chi connectivity index (χ0n) is 51.8. The van der Waals surface area contributed by atoms with Crippen molar-refractivity contribution in [3.63, 3.8) is 0 Å². The summed E-state index contributed by atoms with van der Waals surface area (Å²) in [5.74, 6) is -2.33. The van der Waals surface area contributed by atoms with Crippen LogP contribution in [0.4, 0.5) is 0 Å². The number of nitrogens with zero attached hydrogens (tertiary/aromatic N) is 1. The zero-order valence-corrected chi connectivity index (χ0v) is 51.8. The molecule has 0 aromatic rings. The second-order valence-electron chi connectivity index (χ2n) is 21.6. The zero-order chi connectivity index (χ0) is 59.1. The van der Waals surface area contributed by atoms with Crippen LogP contribution < -0.4 is 5.11 Å². The Hall–Kier alpha value is -5.09. The third kappa shape index (κ3) is 62.4. The summed E-state index contributed by atoms with van der Waals surface area (Å²) in [5, 5.41) is 11.8. The van der Waals surface area contributed by atoms with Gasteiger partial charge in [-0.1, -0.05) is 242 Å². The number of unbranched alkanes of at least 4 members (excludes halogenated alkanes) is 15. The number of rotatable bonds is 56. The number of likely N-dealkylation sites (N-methyl/N-ethyl adjacent to an activating group) is 1. The van der Waals surface area contributed by atoms with Crippen molar-refractivity contribution in [1.29, 1.82) is 0 Å². The second kappa shape index (κ2) is 61.0. The van der Waals surface area contributed by atoms with Crippen LogP contribution in [0.25, 0.3) is 0 Å². The molecule has 456 valence electrons. The first-order chi connectivity index (χ1) is 39.6. The van der Waals surface area contributed by atoms with Gasteiger partial charge in [0.2, 0.25) is 0 Å². The number of aliphatic carboxylic acids is 1. The molecular formula is C72H115NO8. The van der Waals surface area contributed by atoms with E-state index in [4.69, 9.17) is 18.9 Å². The fraction of sp³-hybridized carbons (Fsp3) is 0.597. The average Bonchev–Trinajstić information content (AvgIpc) is 3.44. The highest BCUT2D eigenvalue weighted by molar-refractivity contribution is 5.70. The van der Waals surface area contributed by atoms with Gasteiger partial charge in [0.25, 0.3) is 0 Å². The Kier molecular flexibility index (Phi) is 57.2. The Morgan fingerprint density at radius 3 is 0.988 bits per heavy atom. The van der Waals surface area contributed by atoms with Crippen LogP contribution in [-0.2, 0) is 33.3 Å². The highest BCUT2D eigenvalue weighted by atomic mass is 16.7. The van der Waals surface area contributed by atoms with E-state index in [2.05, 4.69) is 172 Å². The molecular weight excluding hydrogens is 1010 g/mol. The lowest BCUT2D eigenvalue weighted by Crippen LogP contribution is -2.44. The van der Waals surface area contributed by atoms with Crippen LogP contribution in [0.15, 0.2) is 158 Å². The van der Waals surface area contributed by atoms with Gasteiger partial charge < -0.3 is 33.3 Å². The van der Waals surface area contributed by atoms with Gasteiger partial charge in [-0.05, 0) is 122 Å². The Labute approximate surface area is 495 Å². The first kappa shape index (κ1) is 75.9. The van der Waals surface area contributed by atoms with Crippen LogP contribution in [0.5, 0.6) is 0 Å². The molecule has 0 N–H and O–H groups in total. The molecule has 0 heterocycles. The third-order valence-electron chi connectivity index (χ3n) is 12.8. The number of hydrogen-bond acceptors (Lipinski definition) is 8. The van der Waals surface area contributed by atoms with Crippen molar-refractivity contribution in [3.8, 4) is 0 Å². The number of esters is 2. The van der Waals surface area contributed by atoms with E-state index >= 15 is 0 Å². The fourth-order valence-corrected chi connectivity index (χ4v) is 7.99. The van der Waals surface area contributed by atoms with E-state index < -0.39 is 24.3 Å². The first-order valence-electron chi connectivity index (χ1n) is 31.6. The highest BCUT2D eigenvalue weighted by Crippen LogP contribution is 2.14. The minimum absolute atomic E-state index is 0.134. The van der Waals surface area contributed by atoms with E-state index in [1.807, 2.05) is 21.1 Å². The van der Waals surface area contributed by atoms with Crippen LogP contribution >= 0.6 is 0 Å². The summed E-state index contributed by atoms with van der Waals surface area (Å²) in [6, 6.07) is 0. The monoisotopic (exact) mass is 1120 g/mol. The molecule has 0 saturated heterocycles. The highest BCUT2D eigenvalue weighted by Gasteiger charge is 2.22. The van der Waals surface area contributed by atoms with Crippen LogP contribution in [0, 0.1) is 0 Å². The van der Waals surface area contributed by atoms with Crippen molar-refractivity contribution in [3.05, 3.63) is 158 Å². The summed E-state index contributed by atoms with van der Waals surface area (Å²) in [4.78, 5) is 37.4. The van der Waals surface area contributed by atoms with Crippen molar-refractivity contribution >= 4 is 17.9 Å². The lowest BCUT2D eigenvalue weighted by atomic mass is 10.1. The third-order valence-corrected chi connectivity index (χ3v) is 12.8. The second-order valence-corrected chi connectivity index (χ2v) is 21.6. The fourth-order valence-electron chi connectivity index (χ4n) is 7.99. The van der Waals surface area contributed by atoms with Crippen molar-refractivity contribution in [2.75, 3.05) is 47.5 Å². The van der Waals surface area contributed by atoms with E-state index in [-0.39, 0.29) is 38.6 Å². The van der Waals surface area contributed by atoms with Gasteiger partial charge in [0.1, 0.15) is 13.2 Å². The summed E-state index contributed by atoms with van der Waals surface area (Å²) in [7, 11) is 5.91. The lowest BCUT2D eigenvalue weighted by Gasteiger charge is -2.26.